The molecule has 2 N–H and O–H groups in total. The lowest BCUT2D eigenvalue weighted by Gasteiger charge is -2.28. The van der Waals surface area contributed by atoms with Gasteiger partial charge >= 0.3 is 5.97 Å². The third-order valence-electron chi connectivity index (χ3n) is 3.29. The Morgan fingerprint density at radius 3 is 3.12 bits per heavy atom. The van der Waals surface area contributed by atoms with Gasteiger partial charge in [0.2, 0.25) is 5.01 Å². The fraction of sp³-hybridized carbons (Fsp3) is 0.636. The highest BCUT2D eigenvalue weighted by Crippen LogP contribution is 2.25. The maximum atomic E-state index is 10.7. The quantitative estimate of drug-likeness (QED) is 0.854. The van der Waals surface area contributed by atoms with E-state index in [4.69, 9.17) is 9.84 Å². The molecule has 2 atom stereocenters. The molecule has 0 radical (unpaired) electrons. The highest BCUT2D eigenvalue weighted by Gasteiger charge is 2.36. The van der Waals surface area contributed by atoms with E-state index in [1.807, 2.05) is 6.92 Å². The van der Waals surface area contributed by atoms with Crippen LogP contribution in [0.3, 0.4) is 0 Å². The molecule has 0 aliphatic carbocycles. The Labute approximate surface area is 104 Å². The van der Waals surface area contributed by atoms with Gasteiger partial charge in [0, 0.05) is 24.1 Å². The molecule has 1 fully saturated rings. The lowest BCUT2D eigenvalue weighted by molar-refractivity contribution is 0.0696. The molecule has 6 heteroatoms. The van der Waals surface area contributed by atoms with Crippen LogP contribution in [0.4, 0.5) is 0 Å². The van der Waals surface area contributed by atoms with Crippen molar-refractivity contribution in [1.29, 1.82) is 0 Å². The standard InChI is InChI=1S/C11H16N2O3S/c1-7-11(2,3-4-16-7)12-5-8-6-17-9(13-8)10(14)15/h6-7,12H,3-5H2,1-2H3,(H,14,15). The molecule has 5 nitrogen and oxygen atoms in total. The average Bonchev–Trinajstić information content (AvgIpc) is 2.85. The first kappa shape index (κ1) is 12.5. The molecule has 2 heterocycles. The monoisotopic (exact) mass is 256 g/mol. The zero-order chi connectivity index (χ0) is 12.5. The Morgan fingerprint density at radius 1 is 1.82 bits per heavy atom. The number of carboxylic acids is 1. The minimum atomic E-state index is -0.968. The second-order valence-electron chi connectivity index (χ2n) is 4.48. The minimum Gasteiger partial charge on any atom is -0.476 e. The maximum absolute atomic E-state index is 10.7. The molecule has 2 rings (SSSR count). The van der Waals surface area contributed by atoms with E-state index in [9.17, 15) is 4.79 Å². The van der Waals surface area contributed by atoms with Crippen LogP contribution in [0.1, 0.15) is 35.8 Å². The smallest absolute Gasteiger partial charge is 0.365 e. The zero-order valence-electron chi connectivity index (χ0n) is 9.90. The number of carbonyl (C=O) groups is 1. The molecule has 2 unspecified atom stereocenters. The van der Waals surface area contributed by atoms with Crippen molar-refractivity contribution >= 4 is 17.3 Å². The van der Waals surface area contributed by atoms with Crippen LogP contribution < -0.4 is 5.32 Å². The van der Waals surface area contributed by atoms with Crippen molar-refractivity contribution < 1.29 is 14.6 Å². The Kier molecular flexibility index (Phi) is 3.46. The molecule has 1 aliphatic heterocycles. The number of hydrogen-bond donors (Lipinski definition) is 2. The highest BCUT2D eigenvalue weighted by atomic mass is 32.1. The number of ether oxygens (including phenoxy) is 1. The van der Waals surface area contributed by atoms with E-state index < -0.39 is 5.97 Å². The van der Waals surface area contributed by atoms with Crippen molar-refractivity contribution in [1.82, 2.24) is 10.3 Å². The summed E-state index contributed by atoms with van der Waals surface area (Å²) in [5.74, 6) is -0.968. The van der Waals surface area contributed by atoms with E-state index in [2.05, 4.69) is 17.2 Å². The second kappa shape index (κ2) is 4.72. The van der Waals surface area contributed by atoms with Gasteiger partial charge < -0.3 is 15.2 Å². The normalized spacial score (nSPS) is 28.5. The molecule has 1 aliphatic rings. The zero-order valence-corrected chi connectivity index (χ0v) is 10.7. The van der Waals surface area contributed by atoms with Crippen LogP contribution >= 0.6 is 11.3 Å². The summed E-state index contributed by atoms with van der Waals surface area (Å²) in [6.45, 7) is 5.51. The lowest BCUT2D eigenvalue weighted by Crippen LogP contribution is -2.47. The van der Waals surface area contributed by atoms with Gasteiger partial charge in [-0.3, -0.25) is 0 Å². The van der Waals surface area contributed by atoms with Gasteiger partial charge in [0.05, 0.1) is 11.8 Å². The minimum absolute atomic E-state index is 0.0486. The fourth-order valence-electron chi connectivity index (χ4n) is 1.85. The molecule has 0 spiro atoms. The van der Waals surface area contributed by atoms with Gasteiger partial charge in [-0.1, -0.05) is 0 Å². The van der Waals surface area contributed by atoms with Crippen LogP contribution in [0.25, 0.3) is 0 Å². The van der Waals surface area contributed by atoms with Crippen LogP contribution in [-0.4, -0.2) is 34.3 Å². The van der Waals surface area contributed by atoms with Crippen molar-refractivity contribution in [3.8, 4) is 0 Å². The first-order valence-corrected chi connectivity index (χ1v) is 6.43. The van der Waals surface area contributed by atoms with Gasteiger partial charge in [-0.15, -0.1) is 11.3 Å². The van der Waals surface area contributed by atoms with E-state index in [0.29, 0.717) is 6.54 Å². The number of aromatic nitrogens is 1. The SMILES string of the molecule is CC1OCCC1(C)NCc1csc(C(=O)O)n1. The number of carboxylic acid groups (broad SMARTS) is 1. The van der Waals surface area contributed by atoms with Gasteiger partial charge in [-0.25, -0.2) is 9.78 Å². The Balaban J connectivity index is 1.95. The fourth-order valence-corrected chi connectivity index (χ4v) is 2.50. The molecule has 1 aromatic heterocycles. The summed E-state index contributed by atoms with van der Waals surface area (Å²) in [7, 11) is 0. The molecule has 0 bridgehead atoms. The van der Waals surface area contributed by atoms with Crippen LogP contribution in [0, 0.1) is 0 Å². The molecule has 1 saturated heterocycles. The Hall–Kier alpha value is -0.980. The predicted octanol–water partition coefficient (Wildman–Crippen LogP) is 1.50. The number of nitrogens with zero attached hydrogens (tertiary/aromatic N) is 1. The number of rotatable bonds is 4. The second-order valence-corrected chi connectivity index (χ2v) is 5.34. The summed E-state index contributed by atoms with van der Waals surface area (Å²) in [5.41, 5.74) is 0.722. The lowest BCUT2D eigenvalue weighted by atomic mass is 9.95. The third-order valence-corrected chi connectivity index (χ3v) is 4.17. The molecular weight excluding hydrogens is 240 g/mol. The first-order chi connectivity index (χ1) is 8.01. The summed E-state index contributed by atoms with van der Waals surface area (Å²) < 4.78 is 5.53. The number of aromatic carboxylic acids is 1. The van der Waals surface area contributed by atoms with Gasteiger partial charge in [0.25, 0.3) is 0 Å². The van der Waals surface area contributed by atoms with E-state index in [-0.39, 0.29) is 16.7 Å². The summed E-state index contributed by atoms with van der Waals surface area (Å²) in [4.78, 5) is 14.7. The number of hydrogen-bond acceptors (Lipinski definition) is 5. The van der Waals surface area contributed by atoms with Crippen molar-refractivity contribution in [2.24, 2.45) is 0 Å². The molecule has 94 valence electrons. The van der Waals surface area contributed by atoms with Crippen molar-refractivity contribution in [2.45, 2.75) is 38.5 Å². The number of thiazole rings is 1. The highest BCUT2D eigenvalue weighted by molar-refractivity contribution is 7.11. The summed E-state index contributed by atoms with van der Waals surface area (Å²) in [6, 6.07) is 0. The molecule has 17 heavy (non-hydrogen) atoms. The number of nitrogens with one attached hydrogen (secondary N) is 1. The van der Waals surface area contributed by atoms with Crippen LogP contribution in [0.2, 0.25) is 0 Å². The topological polar surface area (TPSA) is 71.5 Å². The van der Waals surface area contributed by atoms with Crippen molar-refractivity contribution in [3.63, 3.8) is 0 Å². The van der Waals surface area contributed by atoms with Gasteiger partial charge in [-0.05, 0) is 20.3 Å². The van der Waals surface area contributed by atoms with E-state index in [0.717, 1.165) is 30.1 Å². The molecular formula is C11H16N2O3S. The molecule has 0 saturated carbocycles. The maximum Gasteiger partial charge on any atom is 0.365 e. The Bertz CT molecular complexity index is 421. The van der Waals surface area contributed by atoms with Gasteiger partial charge in [0.15, 0.2) is 0 Å². The largest absolute Gasteiger partial charge is 0.476 e. The first-order valence-electron chi connectivity index (χ1n) is 5.55. The van der Waals surface area contributed by atoms with E-state index in [1.54, 1.807) is 5.38 Å². The van der Waals surface area contributed by atoms with Crippen molar-refractivity contribution in [3.05, 3.63) is 16.1 Å². The third kappa shape index (κ3) is 2.65. The van der Waals surface area contributed by atoms with E-state index >= 15 is 0 Å². The van der Waals surface area contributed by atoms with Crippen LogP contribution in [-0.2, 0) is 11.3 Å². The summed E-state index contributed by atoms with van der Waals surface area (Å²) in [5, 5.41) is 14.1. The predicted molar refractivity (Wildman–Crippen MR) is 64.3 cm³/mol. The summed E-state index contributed by atoms with van der Waals surface area (Å²) in [6.07, 6.45) is 1.13. The average molecular weight is 256 g/mol. The molecule has 0 amide bonds. The van der Waals surface area contributed by atoms with Gasteiger partial charge in [-0.2, -0.15) is 0 Å². The summed E-state index contributed by atoms with van der Waals surface area (Å²) >= 11 is 1.16. The van der Waals surface area contributed by atoms with Gasteiger partial charge in [0.1, 0.15) is 0 Å². The molecule has 0 aromatic carbocycles. The van der Waals surface area contributed by atoms with E-state index in [1.165, 1.54) is 0 Å². The Morgan fingerprint density at radius 2 is 2.59 bits per heavy atom. The van der Waals surface area contributed by atoms with Crippen LogP contribution in [0.5, 0.6) is 0 Å². The van der Waals surface area contributed by atoms with Crippen LogP contribution in [0.15, 0.2) is 5.38 Å². The van der Waals surface area contributed by atoms with Crippen molar-refractivity contribution in [2.75, 3.05) is 6.61 Å². The molecule has 1 aromatic rings.